The summed E-state index contributed by atoms with van der Waals surface area (Å²) >= 11 is 0. The van der Waals surface area contributed by atoms with Gasteiger partial charge in [0.2, 0.25) is 0 Å². The first-order valence-electron chi connectivity index (χ1n) is 8.59. The minimum Gasteiger partial charge on any atom is -0.493 e. The van der Waals surface area contributed by atoms with Gasteiger partial charge in [0.25, 0.3) is 0 Å². The van der Waals surface area contributed by atoms with Gasteiger partial charge in [-0.2, -0.15) is 0 Å². The largest absolute Gasteiger partial charge is 0.493 e. The minimum absolute atomic E-state index is 0.172. The fourth-order valence-corrected chi connectivity index (χ4v) is 2.58. The van der Waals surface area contributed by atoms with Gasteiger partial charge < -0.3 is 24.8 Å². The SMILES string of the molecule is CCCCCCCCC/C=C/O[C@H]1CO[C@H](CO)[C@@H](O)[C@@H]1O. The molecule has 1 aliphatic rings. The van der Waals surface area contributed by atoms with Crippen LogP contribution in [0.3, 0.4) is 0 Å². The molecule has 5 heteroatoms. The molecule has 0 saturated carbocycles. The lowest BCUT2D eigenvalue weighted by Gasteiger charge is -2.36. The Balaban J connectivity index is 2.06. The van der Waals surface area contributed by atoms with Crippen molar-refractivity contribution < 1.29 is 24.8 Å². The van der Waals surface area contributed by atoms with Crippen LogP contribution in [0.5, 0.6) is 0 Å². The Kier molecular flexibility index (Phi) is 10.5. The maximum atomic E-state index is 9.88. The summed E-state index contributed by atoms with van der Waals surface area (Å²) in [5.41, 5.74) is 0. The second-order valence-corrected chi connectivity index (χ2v) is 5.99. The van der Waals surface area contributed by atoms with Gasteiger partial charge in [-0.05, 0) is 18.9 Å². The van der Waals surface area contributed by atoms with Gasteiger partial charge in [-0.3, -0.25) is 0 Å². The van der Waals surface area contributed by atoms with Crippen molar-refractivity contribution in [1.82, 2.24) is 0 Å². The number of hydrogen-bond donors (Lipinski definition) is 3. The predicted molar refractivity (Wildman–Crippen MR) is 85.5 cm³/mol. The Labute approximate surface area is 133 Å². The summed E-state index contributed by atoms with van der Waals surface area (Å²) in [7, 11) is 0. The maximum Gasteiger partial charge on any atom is 0.149 e. The fourth-order valence-electron chi connectivity index (χ4n) is 2.58. The van der Waals surface area contributed by atoms with Gasteiger partial charge in [0, 0.05) is 0 Å². The molecule has 22 heavy (non-hydrogen) atoms. The van der Waals surface area contributed by atoms with Crippen LogP contribution in [0.25, 0.3) is 0 Å². The van der Waals surface area contributed by atoms with Gasteiger partial charge in [-0.25, -0.2) is 0 Å². The molecule has 0 spiro atoms. The van der Waals surface area contributed by atoms with E-state index in [1.54, 1.807) is 6.26 Å². The summed E-state index contributed by atoms with van der Waals surface area (Å²) in [5, 5.41) is 28.6. The van der Waals surface area contributed by atoms with Crippen molar-refractivity contribution in [3.05, 3.63) is 12.3 Å². The van der Waals surface area contributed by atoms with Crippen molar-refractivity contribution in [2.75, 3.05) is 13.2 Å². The molecule has 1 saturated heterocycles. The minimum atomic E-state index is -1.11. The first-order chi connectivity index (χ1) is 10.7. The number of aliphatic hydroxyl groups is 3. The molecular formula is C17H32O5. The van der Waals surface area contributed by atoms with E-state index in [0.29, 0.717) is 0 Å². The van der Waals surface area contributed by atoms with Crippen molar-refractivity contribution >= 4 is 0 Å². The van der Waals surface area contributed by atoms with E-state index < -0.39 is 24.4 Å². The van der Waals surface area contributed by atoms with Gasteiger partial charge in [0.15, 0.2) is 0 Å². The number of rotatable bonds is 11. The lowest BCUT2D eigenvalue weighted by molar-refractivity contribution is -0.196. The molecule has 5 nitrogen and oxygen atoms in total. The first kappa shape index (κ1) is 19.4. The van der Waals surface area contributed by atoms with Gasteiger partial charge in [0.1, 0.15) is 24.4 Å². The van der Waals surface area contributed by atoms with Crippen molar-refractivity contribution in [1.29, 1.82) is 0 Å². The summed E-state index contributed by atoms with van der Waals surface area (Å²) in [6.45, 7) is 2.09. The molecule has 0 aromatic heterocycles. The standard InChI is InChI=1S/C17H32O5/c1-2-3-4-5-6-7-8-9-10-11-21-15-13-22-14(12-18)16(19)17(15)20/h10-11,14-20H,2-9,12-13H2,1H3/b11-10+/t14-,15+,16-,17-/m1/s1. The van der Waals surface area contributed by atoms with Crippen molar-refractivity contribution in [3.63, 3.8) is 0 Å². The van der Waals surface area contributed by atoms with Crippen molar-refractivity contribution in [3.8, 4) is 0 Å². The summed E-state index contributed by atoms with van der Waals surface area (Å²) in [6, 6.07) is 0. The van der Waals surface area contributed by atoms with E-state index in [9.17, 15) is 10.2 Å². The highest BCUT2D eigenvalue weighted by Crippen LogP contribution is 2.18. The van der Waals surface area contributed by atoms with E-state index >= 15 is 0 Å². The average Bonchev–Trinajstić information content (AvgIpc) is 2.53. The average molecular weight is 316 g/mol. The molecule has 0 amide bonds. The van der Waals surface area contributed by atoms with E-state index in [0.717, 1.165) is 12.8 Å². The second kappa shape index (κ2) is 11.9. The third-order valence-corrected chi connectivity index (χ3v) is 4.09. The zero-order chi connectivity index (χ0) is 16.2. The Morgan fingerprint density at radius 2 is 1.73 bits per heavy atom. The molecule has 0 bridgehead atoms. The molecular weight excluding hydrogens is 284 g/mol. The van der Waals surface area contributed by atoms with Crippen LogP contribution < -0.4 is 0 Å². The summed E-state index contributed by atoms with van der Waals surface area (Å²) in [6.07, 6.45) is 9.99. The number of allylic oxidation sites excluding steroid dienone is 1. The highest BCUT2D eigenvalue weighted by molar-refractivity contribution is 4.89. The quantitative estimate of drug-likeness (QED) is 0.402. The van der Waals surface area contributed by atoms with Crippen LogP contribution in [-0.2, 0) is 9.47 Å². The molecule has 0 aromatic carbocycles. The van der Waals surface area contributed by atoms with Gasteiger partial charge in [0.05, 0.1) is 19.5 Å². The van der Waals surface area contributed by atoms with Crippen molar-refractivity contribution in [2.24, 2.45) is 0 Å². The second-order valence-electron chi connectivity index (χ2n) is 5.99. The van der Waals surface area contributed by atoms with Crippen LogP contribution in [-0.4, -0.2) is 52.9 Å². The Bertz CT molecular complexity index is 295. The van der Waals surface area contributed by atoms with Gasteiger partial charge in [-0.1, -0.05) is 45.4 Å². The van der Waals surface area contributed by atoms with Crippen LogP contribution in [0, 0.1) is 0 Å². The highest BCUT2D eigenvalue weighted by Gasteiger charge is 2.38. The summed E-state index contributed by atoms with van der Waals surface area (Å²) < 4.78 is 10.7. The van der Waals surface area contributed by atoms with Crippen LogP contribution in [0.4, 0.5) is 0 Å². The van der Waals surface area contributed by atoms with Crippen LogP contribution in [0.1, 0.15) is 58.3 Å². The Morgan fingerprint density at radius 1 is 1.05 bits per heavy atom. The van der Waals surface area contributed by atoms with Crippen molar-refractivity contribution in [2.45, 2.75) is 82.7 Å². The highest BCUT2D eigenvalue weighted by atomic mass is 16.6. The molecule has 0 radical (unpaired) electrons. The smallest absolute Gasteiger partial charge is 0.149 e. The molecule has 1 fully saturated rings. The zero-order valence-electron chi connectivity index (χ0n) is 13.7. The zero-order valence-corrected chi connectivity index (χ0v) is 13.7. The number of hydrogen-bond acceptors (Lipinski definition) is 5. The Morgan fingerprint density at radius 3 is 2.41 bits per heavy atom. The monoisotopic (exact) mass is 316 g/mol. The van der Waals surface area contributed by atoms with E-state index in [1.807, 2.05) is 6.08 Å². The third-order valence-electron chi connectivity index (χ3n) is 4.09. The molecule has 1 aliphatic heterocycles. The first-order valence-corrected chi connectivity index (χ1v) is 8.59. The molecule has 1 rings (SSSR count). The maximum absolute atomic E-state index is 9.88. The van der Waals surface area contributed by atoms with Crippen LogP contribution in [0.2, 0.25) is 0 Å². The lowest BCUT2D eigenvalue weighted by Crippen LogP contribution is -2.54. The topological polar surface area (TPSA) is 79.2 Å². The third kappa shape index (κ3) is 7.09. The van der Waals surface area contributed by atoms with Gasteiger partial charge >= 0.3 is 0 Å². The molecule has 0 unspecified atom stereocenters. The molecule has 4 atom stereocenters. The molecule has 0 aliphatic carbocycles. The lowest BCUT2D eigenvalue weighted by atomic mass is 10.0. The fraction of sp³-hybridized carbons (Fsp3) is 0.882. The normalized spacial score (nSPS) is 29.1. The number of aliphatic hydroxyl groups excluding tert-OH is 3. The predicted octanol–water partition coefficient (Wildman–Crippen LogP) is 2.14. The molecule has 3 N–H and O–H groups in total. The van der Waals surface area contributed by atoms with E-state index in [-0.39, 0.29) is 13.2 Å². The number of unbranched alkanes of at least 4 members (excludes halogenated alkanes) is 7. The number of ether oxygens (including phenoxy) is 2. The van der Waals surface area contributed by atoms with E-state index in [1.165, 1.54) is 38.5 Å². The molecule has 0 aromatic rings. The summed E-state index contributed by atoms with van der Waals surface area (Å²) in [5.74, 6) is 0. The van der Waals surface area contributed by atoms with Gasteiger partial charge in [-0.15, -0.1) is 0 Å². The van der Waals surface area contributed by atoms with E-state index in [4.69, 9.17) is 14.6 Å². The van der Waals surface area contributed by atoms with Crippen LogP contribution >= 0.6 is 0 Å². The molecule has 1 heterocycles. The van der Waals surface area contributed by atoms with Crippen LogP contribution in [0.15, 0.2) is 12.3 Å². The summed E-state index contributed by atoms with van der Waals surface area (Å²) in [4.78, 5) is 0. The molecule has 130 valence electrons. The van der Waals surface area contributed by atoms with E-state index in [2.05, 4.69) is 6.92 Å². The Hall–Kier alpha value is -0.620.